The van der Waals surface area contributed by atoms with Crippen molar-refractivity contribution >= 4 is 11.7 Å². The molecule has 18 heavy (non-hydrogen) atoms. The van der Waals surface area contributed by atoms with E-state index in [9.17, 15) is 9.90 Å². The van der Waals surface area contributed by atoms with Crippen molar-refractivity contribution < 1.29 is 9.90 Å². The summed E-state index contributed by atoms with van der Waals surface area (Å²) in [6.07, 6.45) is -0.541. The highest BCUT2D eigenvalue weighted by molar-refractivity contribution is 5.89. The van der Waals surface area contributed by atoms with Crippen LogP contribution in [0.2, 0.25) is 0 Å². The third-order valence-corrected chi connectivity index (χ3v) is 2.57. The molecule has 0 saturated carbocycles. The molecule has 4 N–H and O–H groups in total. The number of anilines is 1. The highest BCUT2D eigenvalue weighted by atomic mass is 16.3. The standard InChI is InChI=1S/C13H21N3O2/c1-9(17)8-16(3)13(18)15-12-6-4-11(5-7-12)10(2)14/h4-7,9-10,17H,8,14H2,1-3H3,(H,15,18). The number of benzene rings is 1. The summed E-state index contributed by atoms with van der Waals surface area (Å²) in [6, 6.07) is 7.13. The summed E-state index contributed by atoms with van der Waals surface area (Å²) in [7, 11) is 1.64. The van der Waals surface area contributed by atoms with E-state index in [0.717, 1.165) is 5.56 Å². The predicted molar refractivity (Wildman–Crippen MR) is 72.4 cm³/mol. The number of urea groups is 1. The van der Waals surface area contributed by atoms with Gasteiger partial charge in [0.15, 0.2) is 0 Å². The second-order valence-corrected chi connectivity index (χ2v) is 4.57. The van der Waals surface area contributed by atoms with E-state index in [4.69, 9.17) is 5.73 Å². The monoisotopic (exact) mass is 251 g/mol. The minimum absolute atomic E-state index is 0.0207. The molecule has 0 radical (unpaired) electrons. The first-order valence-electron chi connectivity index (χ1n) is 5.96. The fourth-order valence-electron chi connectivity index (χ4n) is 1.57. The van der Waals surface area contributed by atoms with Crippen LogP contribution in [0.25, 0.3) is 0 Å². The number of rotatable bonds is 4. The first-order valence-corrected chi connectivity index (χ1v) is 5.96. The summed E-state index contributed by atoms with van der Waals surface area (Å²) in [5.41, 5.74) is 7.47. The number of hydrogen-bond acceptors (Lipinski definition) is 3. The maximum absolute atomic E-state index is 11.7. The number of aliphatic hydroxyl groups excluding tert-OH is 1. The Morgan fingerprint density at radius 1 is 1.39 bits per heavy atom. The molecule has 2 unspecified atom stereocenters. The van der Waals surface area contributed by atoms with Gasteiger partial charge < -0.3 is 21.1 Å². The van der Waals surface area contributed by atoms with Gasteiger partial charge in [0, 0.05) is 25.3 Å². The predicted octanol–water partition coefficient (Wildman–Crippen LogP) is 1.55. The van der Waals surface area contributed by atoms with E-state index in [-0.39, 0.29) is 12.1 Å². The minimum Gasteiger partial charge on any atom is -0.392 e. The maximum Gasteiger partial charge on any atom is 0.321 e. The molecule has 0 saturated heterocycles. The van der Waals surface area contributed by atoms with Crippen molar-refractivity contribution in [1.29, 1.82) is 0 Å². The van der Waals surface area contributed by atoms with Crippen LogP contribution in [0.5, 0.6) is 0 Å². The number of carbonyl (C=O) groups is 1. The molecule has 2 amide bonds. The van der Waals surface area contributed by atoms with Crippen molar-refractivity contribution in [1.82, 2.24) is 4.90 Å². The van der Waals surface area contributed by atoms with Crippen molar-refractivity contribution in [3.63, 3.8) is 0 Å². The molecule has 5 nitrogen and oxygen atoms in total. The molecule has 0 bridgehead atoms. The highest BCUT2D eigenvalue weighted by Gasteiger charge is 2.10. The fourth-order valence-corrected chi connectivity index (χ4v) is 1.57. The van der Waals surface area contributed by atoms with Crippen LogP contribution >= 0.6 is 0 Å². The van der Waals surface area contributed by atoms with Crippen molar-refractivity contribution in [3.05, 3.63) is 29.8 Å². The summed E-state index contributed by atoms with van der Waals surface area (Å²) >= 11 is 0. The van der Waals surface area contributed by atoms with Gasteiger partial charge in [-0.1, -0.05) is 12.1 Å². The van der Waals surface area contributed by atoms with E-state index in [0.29, 0.717) is 12.2 Å². The SMILES string of the molecule is CC(O)CN(C)C(=O)Nc1ccc(C(C)N)cc1. The van der Waals surface area contributed by atoms with Gasteiger partial charge in [0.1, 0.15) is 0 Å². The van der Waals surface area contributed by atoms with Gasteiger partial charge in [0.25, 0.3) is 0 Å². The summed E-state index contributed by atoms with van der Waals surface area (Å²) in [5, 5.41) is 11.9. The second-order valence-electron chi connectivity index (χ2n) is 4.57. The van der Waals surface area contributed by atoms with Crippen LogP contribution in [-0.2, 0) is 0 Å². The van der Waals surface area contributed by atoms with Gasteiger partial charge in [-0.2, -0.15) is 0 Å². The molecule has 0 aromatic heterocycles. The Morgan fingerprint density at radius 2 is 1.94 bits per heavy atom. The molecule has 0 heterocycles. The number of aliphatic hydroxyl groups is 1. The average Bonchev–Trinajstić information content (AvgIpc) is 2.28. The molecule has 0 spiro atoms. The van der Waals surface area contributed by atoms with Gasteiger partial charge >= 0.3 is 6.03 Å². The first-order chi connectivity index (χ1) is 8.40. The van der Waals surface area contributed by atoms with Gasteiger partial charge in [0.05, 0.1) is 6.10 Å². The fraction of sp³-hybridized carbons (Fsp3) is 0.462. The normalized spacial score (nSPS) is 13.8. The number of nitrogens with two attached hydrogens (primary N) is 1. The van der Waals surface area contributed by atoms with Gasteiger partial charge in [0.2, 0.25) is 0 Å². The van der Waals surface area contributed by atoms with Crippen LogP contribution in [0.3, 0.4) is 0 Å². The molecule has 0 aliphatic carbocycles. The third-order valence-electron chi connectivity index (χ3n) is 2.57. The Labute approximate surface area is 108 Å². The van der Waals surface area contributed by atoms with Crippen LogP contribution in [0, 0.1) is 0 Å². The van der Waals surface area contributed by atoms with Crippen molar-refractivity contribution in [2.45, 2.75) is 26.0 Å². The molecule has 1 aromatic rings. The van der Waals surface area contributed by atoms with E-state index in [2.05, 4.69) is 5.32 Å². The topological polar surface area (TPSA) is 78.6 Å². The Bertz CT molecular complexity index is 388. The van der Waals surface area contributed by atoms with Crippen molar-refractivity contribution in [3.8, 4) is 0 Å². The molecule has 1 rings (SSSR count). The molecule has 0 fully saturated rings. The van der Waals surface area contributed by atoms with Crippen LogP contribution in [0.1, 0.15) is 25.5 Å². The number of carbonyl (C=O) groups excluding carboxylic acids is 1. The van der Waals surface area contributed by atoms with E-state index in [1.807, 2.05) is 31.2 Å². The Balaban J connectivity index is 2.59. The average molecular weight is 251 g/mol. The van der Waals surface area contributed by atoms with Gasteiger partial charge in [-0.25, -0.2) is 4.79 Å². The zero-order valence-corrected chi connectivity index (χ0v) is 11.1. The lowest BCUT2D eigenvalue weighted by Crippen LogP contribution is -2.36. The van der Waals surface area contributed by atoms with Gasteiger partial charge in [-0.15, -0.1) is 0 Å². The van der Waals surface area contributed by atoms with Crippen molar-refractivity contribution in [2.24, 2.45) is 5.73 Å². The molecule has 5 heteroatoms. The lowest BCUT2D eigenvalue weighted by atomic mass is 10.1. The lowest BCUT2D eigenvalue weighted by Gasteiger charge is -2.19. The quantitative estimate of drug-likeness (QED) is 0.759. The number of nitrogens with one attached hydrogen (secondary N) is 1. The Hall–Kier alpha value is -1.59. The van der Waals surface area contributed by atoms with E-state index in [1.54, 1.807) is 14.0 Å². The van der Waals surface area contributed by atoms with Crippen LogP contribution in [-0.4, -0.2) is 35.7 Å². The Kier molecular flexibility index (Phi) is 5.12. The molecular formula is C13H21N3O2. The highest BCUT2D eigenvalue weighted by Crippen LogP contribution is 2.14. The number of likely N-dealkylation sites (N-methyl/N-ethyl adjacent to an activating group) is 1. The summed E-state index contributed by atoms with van der Waals surface area (Å²) < 4.78 is 0. The number of amides is 2. The molecule has 1 aromatic carbocycles. The van der Waals surface area contributed by atoms with Gasteiger partial charge in [-0.3, -0.25) is 0 Å². The molecule has 0 aliphatic heterocycles. The van der Waals surface area contributed by atoms with E-state index in [1.165, 1.54) is 4.90 Å². The van der Waals surface area contributed by atoms with E-state index >= 15 is 0 Å². The summed E-state index contributed by atoms with van der Waals surface area (Å²) in [5.74, 6) is 0. The second kappa shape index (κ2) is 6.37. The molecule has 0 aliphatic rings. The molecule has 100 valence electrons. The molecular weight excluding hydrogens is 230 g/mol. The minimum atomic E-state index is -0.541. The largest absolute Gasteiger partial charge is 0.392 e. The van der Waals surface area contributed by atoms with Gasteiger partial charge in [-0.05, 0) is 31.5 Å². The van der Waals surface area contributed by atoms with E-state index < -0.39 is 6.10 Å². The maximum atomic E-state index is 11.7. The zero-order chi connectivity index (χ0) is 13.7. The summed E-state index contributed by atoms with van der Waals surface area (Å²) in [4.78, 5) is 13.2. The number of nitrogens with zero attached hydrogens (tertiary/aromatic N) is 1. The van der Waals surface area contributed by atoms with Crippen LogP contribution in [0.15, 0.2) is 24.3 Å². The van der Waals surface area contributed by atoms with Crippen LogP contribution < -0.4 is 11.1 Å². The Morgan fingerprint density at radius 3 is 2.39 bits per heavy atom. The number of hydrogen-bond donors (Lipinski definition) is 3. The first kappa shape index (κ1) is 14.5. The third kappa shape index (κ3) is 4.35. The molecule has 2 atom stereocenters. The van der Waals surface area contributed by atoms with Crippen LogP contribution in [0.4, 0.5) is 10.5 Å². The van der Waals surface area contributed by atoms with Crippen molar-refractivity contribution in [2.75, 3.05) is 18.9 Å². The zero-order valence-electron chi connectivity index (χ0n) is 11.1. The lowest BCUT2D eigenvalue weighted by molar-refractivity contribution is 0.149. The smallest absolute Gasteiger partial charge is 0.321 e. The summed E-state index contributed by atoms with van der Waals surface area (Å²) in [6.45, 7) is 3.84.